The van der Waals surface area contributed by atoms with E-state index in [0.29, 0.717) is 24.5 Å². The summed E-state index contributed by atoms with van der Waals surface area (Å²) in [6.07, 6.45) is 2.45. The van der Waals surface area contributed by atoms with Crippen LogP contribution >= 0.6 is 0 Å². The van der Waals surface area contributed by atoms with Gasteiger partial charge in [0.1, 0.15) is 5.75 Å². The SMILES string of the molecule is Cc1ccc(OCCCCS(=O)CCCO)cc1. The number of hydrogen-bond acceptors (Lipinski definition) is 3. The van der Waals surface area contributed by atoms with Crippen molar-refractivity contribution in [2.24, 2.45) is 0 Å². The van der Waals surface area contributed by atoms with Gasteiger partial charge in [0.05, 0.1) is 6.61 Å². The fraction of sp³-hybridized carbons (Fsp3) is 0.571. The molecular formula is C14H22O3S. The Morgan fingerprint density at radius 2 is 1.78 bits per heavy atom. The number of aryl methyl sites for hydroxylation is 1. The number of aliphatic hydroxyl groups is 1. The number of benzene rings is 1. The first kappa shape index (κ1) is 15.2. The highest BCUT2D eigenvalue weighted by molar-refractivity contribution is 7.84. The van der Waals surface area contributed by atoms with Crippen molar-refractivity contribution in [2.45, 2.75) is 26.2 Å². The number of aliphatic hydroxyl groups excluding tert-OH is 1. The second kappa shape index (κ2) is 9.11. The summed E-state index contributed by atoms with van der Waals surface area (Å²) < 4.78 is 17.0. The van der Waals surface area contributed by atoms with E-state index in [0.717, 1.165) is 18.6 Å². The molecule has 0 aliphatic carbocycles. The quantitative estimate of drug-likeness (QED) is 0.700. The highest BCUT2D eigenvalue weighted by Gasteiger charge is 1.99. The summed E-state index contributed by atoms with van der Waals surface area (Å²) in [5.74, 6) is 2.20. The third-order valence-corrected chi connectivity index (χ3v) is 4.07. The van der Waals surface area contributed by atoms with E-state index in [4.69, 9.17) is 9.84 Å². The Morgan fingerprint density at radius 1 is 1.11 bits per heavy atom. The lowest BCUT2D eigenvalue weighted by Gasteiger charge is -2.06. The van der Waals surface area contributed by atoms with Gasteiger partial charge in [0.25, 0.3) is 0 Å². The molecule has 0 aromatic heterocycles. The number of ether oxygens (including phenoxy) is 1. The second-order valence-corrected chi connectivity index (χ2v) is 5.99. The molecule has 0 saturated carbocycles. The van der Waals surface area contributed by atoms with Gasteiger partial charge in [-0.15, -0.1) is 0 Å². The average molecular weight is 270 g/mol. The van der Waals surface area contributed by atoms with Gasteiger partial charge in [-0.3, -0.25) is 4.21 Å². The minimum absolute atomic E-state index is 0.127. The van der Waals surface area contributed by atoms with E-state index in [9.17, 15) is 4.21 Å². The largest absolute Gasteiger partial charge is 0.494 e. The van der Waals surface area contributed by atoms with Crippen LogP contribution in [0.2, 0.25) is 0 Å². The lowest BCUT2D eigenvalue weighted by molar-refractivity contribution is 0.295. The standard InChI is InChI=1S/C14H22O3S/c1-13-5-7-14(8-6-13)17-10-2-3-11-18(16)12-4-9-15/h5-8,15H,2-4,9-12H2,1H3. The van der Waals surface area contributed by atoms with Gasteiger partial charge in [-0.25, -0.2) is 0 Å². The third kappa shape index (κ3) is 6.77. The Balaban J connectivity index is 2.05. The highest BCUT2D eigenvalue weighted by atomic mass is 32.2. The van der Waals surface area contributed by atoms with Crippen LogP contribution in [0.15, 0.2) is 24.3 Å². The normalized spacial score (nSPS) is 12.3. The molecule has 0 radical (unpaired) electrons. The van der Waals surface area contributed by atoms with E-state index in [1.807, 2.05) is 31.2 Å². The van der Waals surface area contributed by atoms with Crippen molar-refractivity contribution in [1.29, 1.82) is 0 Å². The van der Waals surface area contributed by atoms with Crippen LogP contribution in [0.25, 0.3) is 0 Å². The molecule has 0 aliphatic rings. The van der Waals surface area contributed by atoms with E-state index in [1.165, 1.54) is 5.56 Å². The van der Waals surface area contributed by atoms with Gasteiger partial charge < -0.3 is 9.84 Å². The number of hydrogen-bond donors (Lipinski definition) is 1. The lowest BCUT2D eigenvalue weighted by atomic mass is 10.2. The van der Waals surface area contributed by atoms with Crippen molar-refractivity contribution in [1.82, 2.24) is 0 Å². The Morgan fingerprint density at radius 3 is 2.44 bits per heavy atom. The molecule has 1 aromatic rings. The minimum atomic E-state index is -0.787. The summed E-state index contributed by atoms with van der Waals surface area (Å²) in [5.41, 5.74) is 1.22. The molecule has 0 heterocycles. The molecule has 1 unspecified atom stereocenters. The van der Waals surface area contributed by atoms with Crippen molar-refractivity contribution in [3.05, 3.63) is 29.8 Å². The summed E-state index contributed by atoms with van der Waals surface area (Å²) in [7, 11) is -0.787. The zero-order valence-corrected chi connectivity index (χ0v) is 11.7. The van der Waals surface area contributed by atoms with Gasteiger partial charge >= 0.3 is 0 Å². The molecule has 1 rings (SSSR count). The van der Waals surface area contributed by atoms with Crippen LogP contribution < -0.4 is 4.74 Å². The molecule has 4 heteroatoms. The summed E-state index contributed by atoms with van der Waals surface area (Å²) >= 11 is 0. The van der Waals surface area contributed by atoms with Crippen molar-refractivity contribution in [3.63, 3.8) is 0 Å². The van der Waals surface area contributed by atoms with Gasteiger partial charge in [-0.2, -0.15) is 0 Å². The summed E-state index contributed by atoms with van der Waals surface area (Å²) in [6.45, 7) is 2.84. The number of unbranched alkanes of at least 4 members (excludes halogenated alkanes) is 1. The topological polar surface area (TPSA) is 46.5 Å². The van der Waals surface area contributed by atoms with E-state index >= 15 is 0 Å². The van der Waals surface area contributed by atoms with Gasteiger partial charge in [0.15, 0.2) is 0 Å². The van der Waals surface area contributed by atoms with E-state index in [2.05, 4.69) is 0 Å². The summed E-state index contributed by atoms with van der Waals surface area (Å²) in [5, 5.41) is 8.62. The number of rotatable bonds is 9. The van der Waals surface area contributed by atoms with Crippen molar-refractivity contribution in [3.8, 4) is 5.75 Å². The fourth-order valence-corrected chi connectivity index (χ4v) is 2.70. The zero-order chi connectivity index (χ0) is 13.2. The average Bonchev–Trinajstić information content (AvgIpc) is 2.38. The first-order valence-corrected chi connectivity index (χ1v) is 7.86. The molecule has 0 fully saturated rings. The van der Waals surface area contributed by atoms with Gasteiger partial charge in [-0.05, 0) is 38.3 Å². The Labute approximate surface area is 112 Å². The smallest absolute Gasteiger partial charge is 0.119 e. The monoisotopic (exact) mass is 270 g/mol. The molecular weight excluding hydrogens is 248 g/mol. The first-order chi connectivity index (χ1) is 8.72. The molecule has 0 spiro atoms. The molecule has 0 saturated heterocycles. The lowest BCUT2D eigenvalue weighted by Crippen LogP contribution is -2.06. The van der Waals surface area contributed by atoms with Crippen molar-refractivity contribution in [2.75, 3.05) is 24.7 Å². The molecule has 1 N–H and O–H groups in total. The molecule has 102 valence electrons. The van der Waals surface area contributed by atoms with E-state index < -0.39 is 10.8 Å². The molecule has 0 amide bonds. The molecule has 0 aliphatic heterocycles. The molecule has 1 aromatic carbocycles. The molecule has 3 nitrogen and oxygen atoms in total. The van der Waals surface area contributed by atoms with Crippen LogP contribution in [0, 0.1) is 6.92 Å². The Bertz CT molecular complexity index is 349. The predicted molar refractivity (Wildman–Crippen MR) is 75.5 cm³/mol. The van der Waals surface area contributed by atoms with Crippen LogP contribution in [0.4, 0.5) is 0 Å². The maximum Gasteiger partial charge on any atom is 0.119 e. The third-order valence-electron chi connectivity index (χ3n) is 2.59. The van der Waals surface area contributed by atoms with Crippen molar-refractivity contribution >= 4 is 10.8 Å². The van der Waals surface area contributed by atoms with Gasteiger partial charge in [0.2, 0.25) is 0 Å². The predicted octanol–water partition coefficient (Wildman–Crippen LogP) is 2.29. The highest BCUT2D eigenvalue weighted by Crippen LogP contribution is 2.11. The van der Waals surface area contributed by atoms with Gasteiger partial charge in [0, 0.05) is 28.9 Å². The van der Waals surface area contributed by atoms with Crippen LogP contribution in [-0.4, -0.2) is 34.0 Å². The van der Waals surface area contributed by atoms with Crippen LogP contribution in [0.5, 0.6) is 5.75 Å². The first-order valence-electron chi connectivity index (χ1n) is 6.37. The van der Waals surface area contributed by atoms with Crippen LogP contribution in [0.1, 0.15) is 24.8 Å². The second-order valence-electron chi connectivity index (χ2n) is 4.29. The maximum absolute atomic E-state index is 11.4. The van der Waals surface area contributed by atoms with Crippen LogP contribution in [-0.2, 0) is 10.8 Å². The van der Waals surface area contributed by atoms with E-state index in [1.54, 1.807) is 0 Å². The molecule has 1 atom stereocenters. The summed E-state index contributed by atoms with van der Waals surface area (Å²) in [4.78, 5) is 0. The molecule has 18 heavy (non-hydrogen) atoms. The Hall–Kier alpha value is -0.870. The molecule has 0 bridgehead atoms. The van der Waals surface area contributed by atoms with Crippen LogP contribution in [0.3, 0.4) is 0 Å². The Kier molecular flexibility index (Phi) is 7.69. The summed E-state index contributed by atoms with van der Waals surface area (Å²) in [6, 6.07) is 7.99. The van der Waals surface area contributed by atoms with Gasteiger partial charge in [-0.1, -0.05) is 17.7 Å². The zero-order valence-electron chi connectivity index (χ0n) is 10.9. The maximum atomic E-state index is 11.4. The fourth-order valence-electron chi connectivity index (χ4n) is 1.52. The minimum Gasteiger partial charge on any atom is -0.494 e. The van der Waals surface area contributed by atoms with Crippen molar-refractivity contribution < 1.29 is 14.1 Å². The van der Waals surface area contributed by atoms with E-state index in [-0.39, 0.29) is 6.61 Å².